The molecule has 0 bridgehead atoms. The van der Waals surface area contributed by atoms with Gasteiger partial charge in [-0.05, 0) is 12.8 Å². The first-order chi connectivity index (χ1) is 7.65. The van der Waals surface area contributed by atoms with Crippen molar-refractivity contribution in [3.05, 3.63) is 22.7 Å². The van der Waals surface area contributed by atoms with Crippen LogP contribution >= 0.6 is 0 Å². The fraction of sp³-hybridized carbons (Fsp3) is 0.636. The van der Waals surface area contributed by atoms with Crippen LogP contribution in [0.2, 0.25) is 0 Å². The van der Waals surface area contributed by atoms with Crippen LogP contribution in [0.15, 0.2) is 17.2 Å². The summed E-state index contributed by atoms with van der Waals surface area (Å²) in [5.41, 5.74) is -0.315. The summed E-state index contributed by atoms with van der Waals surface area (Å²) in [5.74, 6) is 0.545. The molecule has 0 fully saturated rings. The normalized spacial score (nSPS) is 11.4. The van der Waals surface area contributed by atoms with Crippen LogP contribution in [0.4, 0.5) is 5.82 Å². The van der Waals surface area contributed by atoms with Crippen molar-refractivity contribution in [2.75, 3.05) is 18.5 Å². The second-order valence-electron chi connectivity index (χ2n) is 4.02. The molecule has 1 aromatic heterocycles. The zero-order chi connectivity index (χ0) is 12.0. The number of anilines is 1. The quantitative estimate of drug-likeness (QED) is 0.674. The number of rotatable bonds is 6. The molecule has 1 rings (SSSR count). The Bertz CT molecular complexity index is 363. The fourth-order valence-electron chi connectivity index (χ4n) is 1.52. The summed E-state index contributed by atoms with van der Waals surface area (Å²) in [6.45, 7) is 4.85. The van der Waals surface area contributed by atoms with E-state index in [4.69, 9.17) is 0 Å². The first-order valence-corrected chi connectivity index (χ1v) is 5.55. The van der Waals surface area contributed by atoms with Crippen molar-refractivity contribution in [3.8, 4) is 0 Å². The van der Waals surface area contributed by atoms with Crippen molar-refractivity contribution in [2.24, 2.45) is 5.41 Å². The molecule has 1 aromatic rings. The molecule has 5 nitrogen and oxygen atoms in total. The monoisotopic (exact) mass is 225 g/mol. The van der Waals surface area contributed by atoms with E-state index in [2.05, 4.69) is 15.3 Å². The lowest BCUT2D eigenvalue weighted by molar-refractivity contribution is 0.127. The maximum absolute atomic E-state index is 11.0. The van der Waals surface area contributed by atoms with E-state index in [0.717, 1.165) is 12.8 Å². The summed E-state index contributed by atoms with van der Waals surface area (Å²) in [7, 11) is 0. The molecule has 0 radical (unpaired) electrons. The molecule has 1 heterocycles. The van der Waals surface area contributed by atoms with Gasteiger partial charge in [0.25, 0.3) is 5.56 Å². The SMILES string of the molecule is CCC(CC)(CO)CNc1cc(=O)[nH]cn1. The minimum absolute atomic E-state index is 0.135. The van der Waals surface area contributed by atoms with Crippen molar-refractivity contribution in [1.82, 2.24) is 9.97 Å². The third-order valence-corrected chi connectivity index (χ3v) is 3.16. The Morgan fingerprint density at radius 1 is 1.50 bits per heavy atom. The predicted molar refractivity (Wildman–Crippen MR) is 63.4 cm³/mol. The van der Waals surface area contributed by atoms with Gasteiger partial charge in [-0.2, -0.15) is 0 Å². The topological polar surface area (TPSA) is 78.0 Å². The summed E-state index contributed by atoms with van der Waals surface area (Å²) in [4.78, 5) is 17.5. The van der Waals surface area contributed by atoms with Gasteiger partial charge in [0.05, 0.1) is 12.9 Å². The van der Waals surface area contributed by atoms with Crippen LogP contribution in [0.25, 0.3) is 0 Å². The van der Waals surface area contributed by atoms with Crippen molar-refractivity contribution < 1.29 is 5.11 Å². The van der Waals surface area contributed by atoms with Gasteiger partial charge in [0.15, 0.2) is 0 Å². The van der Waals surface area contributed by atoms with Crippen molar-refractivity contribution in [2.45, 2.75) is 26.7 Å². The summed E-state index contributed by atoms with van der Waals surface area (Å²) in [5, 5.41) is 12.5. The van der Waals surface area contributed by atoms with Gasteiger partial charge in [-0.1, -0.05) is 13.8 Å². The van der Waals surface area contributed by atoms with Gasteiger partial charge >= 0.3 is 0 Å². The molecule has 0 saturated heterocycles. The lowest BCUT2D eigenvalue weighted by Crippen LogP contribution is -2.32. The Morgan fingerprint density at radius 3 is 2.69 bits per heavy atom. The molecule has 0 aliphatic carbocycles. The highest BCUT2D eigenvalue weighted by Gasteiger charge is 2.24. The van der Waals surface area contributed by atoms with Gasteiger partial charge in [-0.15, -0.1) is 0 Å². The molecule has 0 amide bonds. The summed E-state index contributed by atoms with van der Waals surface area (Å²) in [6.07, 6.45) is 3.13. The molecule has 5 heteroatoms. The Kier molecular flexibility index (Phi) is 4.49. The fourth-order valence-corrected chi connectivity index (χ4v) is 1.52. The number of hydrogen-bond donors (Lipinski definition) is 3. The number of aromatic nitrogens is 2. The Balaban J connectivity index is 2.65. The van der Waals surface area contributed by atoms with Crippen LogP contribution in [-0.2, 0) is 0 Å². The van der Waals surface area contributed by atoms with Gasteiger partial charge in [0.2, 0.25) is 0 Å². The van der Waals surface area contributed by atoms with E-state index in [0.29, 0.717) is 12.4 Å². The molecule has 3 N–H and O–H groups in total. The summed E-state index contributed by atoms with van der Waals surface area (Å²) in [6, 6.07) is 1.41. The average Bonchev–Trinajstić information content (AvgIpc) is 2.32. The van der Waals surface area contributed by atoms with Crippen LogP contribution in [0.3, 0.4) is 0 Å². The minimum atomic E-state index is -0.180. The van der Waals surface area contributed by atoms with Crippen LogP contribution in [0.5, 0.6) is 0 Å². The molecule has 0 atom stereocenters. The number of aliphatic hydroxyl groups excluding tert-OH is 1. The molecule has 90 valence electrons. The summed E-state index contributed by atoms with van der Waals surface area (Å²) < 4.78 is 0. The van der Waals surface area contributed by atoms with Crippen molar-refractivity contribution >= 4 is 5.82 Å². The lowest BCUT2D eigenvalue weighted by atomic mass is 9.83. The zero-order valence-corrected chi connectivity index (χ0v) is 9.79. The number of aromatic amines is 1. The van der Waals surface area contributed by atoms with Gasteiger partial charge in [-0.3, -0.25) is 4.79 Å². The van der Waals surface area contributed by atoms with E-state index in [1.807, 2.05) is 13.8 Å². The molecule has 16 heavy (non-hydrogen) atoms. The highest BCUT2D eigenvalue weighted by Crippen LogP contribution is 2.25. The smallest absolute Gasteiger partial charge is 0.252 e. The van der Waals surface area contributed by atoms with Gasteiger partial charge in [-0.25, -0.2) is 4.98 Å². The molecular weight excluding hydrogens is 206 g/mol. The van der Waals surface area contributed by atoms with E-state index >= 15 is 0 Å². The Labute approximate surface area is 94.9 Å². The number of H-pyrrole nitrogens is 1. The molecule has 0 spiro atoms. The number of nitrogens with one attached hydrogen (secondary N) is 2. The zero-order valence-electron chi connectivity index (χ0n) is 9.79. The first kappa shape index (κ1) is 12.7. The molecule has 0 unspecified atom stereocenters. The number of hydrogen-bond acceptors (Lipinski definition) is 4. The standard InChI is InChI=1S/C11H19N3O2/c1-3-11(4-2,7-15)6-12-9-5-10(16)14-8-13-9/h5,8,15H,3-4,6-7H2,1-2H3,(H2,12,13,14,16). The first-order valence-electron chi connectivity index (χ1n) is 5.55. The predicted octanol–water partition coefficient (Wildman–Crippen LogP) is 0.980. The number of nitrogens with zero attached hydrogens (tertiary/aromatic N) is 1. The average molecular weight is 225 g/mol. The van der Waals surface area contributed by atoms with Crippen LogP contribution < -0.4 is 10.9 Å². The largest absolute Gasteiger partial charge is 0.396 e. The maximum atomic E-state index is 11.0. The second-order valence-corrected chi connectivity index (χ2v) is 4.02. The molecule has 0 aromatic carbocycles. The summed E-state index contributed by atoms with van der Waals surface area (Å²) >= 11 is 0. The Morgan fingerprint density at radius 2 is 2.19 bits per heavy atom. The third kappa shape index (κ3) is 3.06. The highest BCUT2D eigenvalue weighted by atomic mass is 16.3. The third-order valence-electron chi connectivity index (χ3n) is 3.16. The van der Waals surface area contributed by atoms with E-state index in [-0.39, 0.29) is 17.6 Å². The van der Waals surface area contributed by atoms with Gasteiger partial charge < -0.3 is 15.4 Å². The van der Waals surface area contributed by atoms with E-state index in [1.54, 1.807) is 0 Å². The van der Waals surface area contributed by atoms with Gasteiger partial charge in [0.1, 0.15) is 5.82 Å². The molecule has 0 aliphatic heterocycles. The van der Waals surface area contributed by atoms with Crippen LogP contribution in [0, 0.1) is 5.41 Å². The minimum Gasteiger partial charge on any atom is -0.396 e. The van der Waals surface area contributed by atoms with E-state index < -0.39 is 0 Å². The second kappa shape index (κ2) is 5.65. The molecule has 0 saturated carbocycles. The Hall–Kier alpha value is -1.36. The van der Waals surface area contributed by atoms with Crippen molar-refractivity contribution in [3.63, 3.8) is 0 Å². The molecular formula is C11H19N3O2. The van der Waals surface area contributed by atoms with E-state index in [9.17, 15) is 9.90 Å². The van der Waals surface area contributed by atoms with Gasteiger partial charge in [0, 0.05) is 18.0 Å². The van der Waals surface area contributed by atoms with Crippen LogP contribution in [0.1, 0.15) is 26.7 Å². The lowest BCUT2D eigenvalue weighted by Gasteiger charge is -2.29. The molecule has 0 aliphatic rings. The van der Waals surface area contributed by atoms with E-state index in [1.165, 1.54) is 12.4 Å². The number of aliphatic hydroxyl groups is 1. The van der Waals surface area contributed by atoms with Crippen molar-refractivity contribution in [1.29, 1.82) is 0 Å². The van der Waals surface area contributed by atoms with Crippen LogP contribution in [-0.4, -0.2) is 28.2 Å². The maximum Gasteiger partial charge on any atom is 0.252 e. The highest BCUT2D eigenvalue weighted by molar-refractivity contribution is 5.31.